The maximum absolute atomic E-state index is 2.77. The van der Waals surface area contributed by atoms with Gasteiger partial charge in [0, 0.05) is 0 Å². The second-order valence-electron chi connectivity index (χ2n) is 2.99. The third kappa shape index (κ3) is 5.33. The van der Waals surface area contributed by atoms with Gasteiger partial charge in [-0.25, -0.2) is 0 Å². The van der Waals surface area contributed by atoms with Crippen LogP contribution in [0.15, 0.2) is 30.3 Å². The van der Waals surface area contributed by atoms with Gasteiger partial charge in [-0.05, 0) is 36.1 Å². The Morgan fingerprint density at radius 2 is 1.85 bits per heavy atom. The van der Waals surface area contributed by atoms with Crippen molar-refractivity contribution in [3.63, 3.8) is 0 Å². The number of hydrogen-bond donors (Lipinski definition) is 0. The van der Waals surface area contributed by atoms with Crippen molar-refractivity contribution < 1.29 is 0 Å². The van der Waals surface area contributed by atoms with Crippen LogP contribution >= 0.6 is 21.0 Å². The van der Waals surface area contributed by atoms with Gasteiger partial charge >= 0.3 is 0 Å². The summed E-state index contributed by atoms with van der Waals surface area (Å²) in [5.74, 6) is 2.56. The zero-order chi connectivity index (χ0) is 9.36. The zero-order valence-corrected chi connectivity index (χ0v) is 9.88. The minimum atomic E-state index is 1.21. The van der Waals surface area contributed by atoms with Gasteiger partial charge in [-0.2, -0.15) is 11.8 Å². The van der Waals surface area contributed by atoms with Crippen LogP contribution in [0.1, 0.15) is 12.0 Å². The average molecular weight is 212 g/mol. The van der Waals surface area contributed by atoms with Gasteiger partial charge in [0.15, 0.2) is 0 Å². The highest BCUT2D eigenvalue weighted by Crippen LogP contribution is 2.08. The average Bonchev–Trinajstić information content (AvgIpc) is 2.19. The van der Waals surface area contributed by atoms with Gasteiger partial charge in [0.05, 0.1) is 0 Å². The highest BCUT2D eigenvalue weighted by molar-refractivity contribution is 7.99. The van der Waals surface area contributed by atoms with Gasteiger partial charge in [-0.1, -0.05) is 30.3 Å². The van der Waals surface area contributed by atoms with E-state index in [4.69, 9.17) is 0 Å². The normalized spacial score (nSPS) is 10.2. The summed E-state index contributed by atoms with van der Waals surface area (Å²) in [5, 5.41) is 0. The highest BCUT2D eigenvalue weighted by atomic mass is 32.2. The standard InChI is InChI=1S/C11H17PS/c12-8-4-9-13-10-7-11-5-2-1-3-6-11/h1-3,5-6H,4,7-10,12H2. The van der Waals surface area contributed by atoms with Crippen LogP contribution in [0.3, 0.4) is 0 Å². The minimum absolute atomic E-state index is 1.21. The Morgan fingerprint density at radius 3 is 2.54 bits per heavy atom. The molecule has 0 aromatic heterocycles. The smallest absolute Gasteiger partial charge is 0.00270 e. The van der Waals surface area contributed by atoms with Crippen molar-refractivity contribution in [3.8, 4) is 0 Å². The SMILES string of the molecule is PCCCSCCc1ccccc1. The van der Waals surface area contributed by atoms with E-state index in [1.807, 2.05) is 0 Å². The molecule has 0 aliphatic carbocycles. The molecule has 0 amide bonds. The molecular formula is C11H17PS. The van der Waals surface area contributed by atoms with E-state index >= 15 is 0 Å². The molecule has 0 heterocycles. The first-order chi connectivity index (χ1) is 6.43. The molecule has 1 aromatic rings. The monoisotopic (exact) mass is 212 g/mol. The Kier molecular flexibility index (Phi) is 6.31. The third-order valence-corrected chi connectivity index (χ3v) is 3.35. The summed E-state index contributed by atoms with van der Waals surface area (Å²) in [5.41, 5.74) is 1.46. The molecule has 1 aromatic carbocycles. The van der Waals surface area contributed by atoms with E-state index in [1.165, 1.54) is 36.1 Å². The summed E-state index contributed by atoms with van der Waals surface area (Å²) in [4.78, 5) is 0. The molecule has 0 radical (unpaired) electrons. The molecule has 0 aliphatic rings. The molecule has 1 atom stereocenters. The van der Waals surface area contributed by atoms with Gasteiger partial charge in [-0.15, -0.1) is 9.24 Å². The molecule has 2 heteroatoms. The van der Waals surface area contributed by atoms with Crippen molar-refractivity contribution in [2.45, 2.75) is 12.8 Å². The molecule has 0 bridgehead atoms. The second kappa shape index (κ2) is 7.41. The van der Waals surface area contributed by atoms with Gasteiger partial charge < -0.3 is 0 Å². The fourth-order valence-electron chi connectivity index (χ4n) is 1.12. The predicted molar refractivity (Wildman–Crippen MR) is 66.7 cm³/mol. The molecule has 0 N–H and O–H groups in total. The number of benzene rings is 1. The Hall–Kier alpha value is 0. The summed E-state index contributed by atoms with van der Waals surface area (Å²) in [7, 11) is 2.77. The van der Waals surface area contributed by atoms with Crippen LogP contribution in [-0.2, 0) is 6.42 Å². The summed E-state index contributed by atoms with van der Waals surface area (Å²) >= 11 is 2.06. The van der Waals surface area contributed by atoms with E-state index < -0.39 is 0 Å². The van der Waals surface area contributed by atoms with Crippen molar-refractivity contribution in [1.82, 2.24) is 0 Å². The third-order valence-electron chi connectivity index (χ3n) is 1.87. The summed E-state index contributed by atoms with van der Waals surface area (Å²) in [6, 6.07) is 10.7. The van der Waals surface area contributed by atoms with E-state index in [-0.39, 0.29) is 0 Å². The minimum Gasteiger partial charge on any atom is -0.162 e. The van der Waals surface area contributed by atoms with Gasteiger partial charge in [-0.3, -0.25) is 0 Å². The molecule has 13 heavy (non-hydrogen) atoms. The van der Waals surface area contributed by atoms with Crippen LogP contribution in [0.5, 0.6) is 0 Å². The van der Waals surface area contributed by atoms with Crippen molar-refractivity contribution >= 4 is 21.0 Å². The quantitative estimate of drug-likeness (QED) is 0.515. The number of hydrogen-bond acceptors (Lipinski definition) is 1. The molecule has 0 saturated carbocycles. The molecule has 0 saturated heterocycles. The highest BCUT2D eigenvalue weighted by Gasteiger charge is 1.91. The Balaban J connectivity index is 2.07. The maximum atomic E-state index is 2.77. The Morgan fingerprint density at radius 1 is 1.08 bits per heavy atom. The summed E-state index contributed by atoms with van der Waals surface area (Å²) < 4.78 is 0. The zero-order valence-electron chi connectivity index (χ0n) is 7.91. The second-order valence-corrected chi connectivity index (χ2v) is 4.79. The summed E-state index contributed by atoms with van der Waals surface area (Å²) in [6.45, 7) is 0. The van der Waals surface area contributed by atoms with Crippen LogP contribution in [0.25, 0.3) is 0 Å². The molecular weight excluding hydrogens is 195 g/mol. The molecule has 0 spiro atoms. The van der Waals surface area contributed by atoms with Crippen LogP contribution in [0.4, 0.5) is 0 Å². The molecule has 1 unspecified atom stereocenters. The predicted octanol–water partition coefficient (Wildman–Crippen LogP) is 3.23. The molecule has 0 fully saturated rings. The van der Waals surface area contributed by atoms with E-state index in [2.05, 4.69) is 51.3 Å². The lowest BCUT2D eigenvalue weighted by molar-refractivity contribution is 1.11. The fraction of sp³-hybridized carbons (Fsp3) is 0.455. The van der Waals surface area contributed by atoms with Crippen molar-refractivity contribution in [1.29, 1.82) is 0 Å². The van der Waals surface area contributed by atoms with Crippen LogP contribution in [0.2, 0.25) is 0 Å². The molecule has 0 nitrogen and oxygen atoms in total. The summed E-state index contributed by atoms with van der Waals surface area (Å²) in [6.07, 6.45) is 3.77. The molecule has 1 rings (SSSR count). The largest absolute Gasteiger partial charge is 0.162 e. The van der Waals surface area contributed by atoms with Gasteiger partial charge in [0.2, 0.25) is 0 Å². The van der Waals surface area contributed by atoms with E-state index in [0.29, 0.717) is 0 Å². The van der Waals surface area contributed by atoms with Crippen molar-refractivity contribution in [2.24, 2.45) is 0 Å². The first-order valence-electron chi connectivity index (χ1n) is 4.75. The van der Waals surface area contributed by atoms with Crippen molar-refractivity contribution in [2.75, 3.05) is 17.7 Å². The lowest BCUT2D eigenvalue weighted by Gasteiger charge is -2.00. The van der Waals surface area contributed by atoms with Crippen LogP contribution in [-0.4, -0.2) is 17.7 Å². The van der Waals surface area contributed by atoms with Crippen LogP contribution < -0.4 is 0 Å². The number of rotatable bonds is 6. The lowest BCUT2D eigenvalue weighted by Crippen LogP contribution is -1.89. The Bertz CT molecular complexity index is 211. The van der Waals surface area contributed by atoms with E-state index in [0.717, 1.165) is 0 Å². The fourth-order valence-corrected chi connectivity index (χ4v) is 2.58. The topological polar surface area (TPSA) is 0 Å². The first-order valence-corrected chi connectivity index (χ1v) is 6.72. The Labute approximate surface area is 87.7 Å². The lowest BCUT2D eigenvalue weighted by atomic mass is 10.2. The maximum Gasteiger partial charge on any atom is -0.00270 e. The number of thioether (sulfide) groups is 1. The van der Waals surface area contributed by atoms with Gasteiger partial charge in [0.25, 0.3) is 0 Å². The van der Waals surface area contributed by atoms with Crippen LogP contribution in [0, 0.1) is 0 Å². The first kappa shape index (κ1) is 11.1. The van der Waals surface area contributed by atoms with Gasteiger partial charge in [0.1, 0.15) is 0 Å². The van der Waals surface area contributed by atoms with Crippen molar-refractivity contribution in [3.05, 3.63) is 35.9 Å². The number of aryl methyl sites for hydroxylation is 1. The molecule has 0 aliphatic heterocycles. The van der Waals surface area contributed by atoms with E-state index in [1.54, 1.807) is 0 Å². The van der Waals surface area contributed by atoms with E-state index in [9.17, 15) is 0 Å². The molecule has 72 valence electrons.